The molecule has 35 heavy (non-hydrogen) atoms. The van der Waals surface area contributed by atoms with E-state index in [1.54, 1.807) is 18.7 Å². The van der Waals surface area contributed by atoms with Crippen LogP contribution < -0.4 is 5.32 Å². The van der Waals surface area contributed by atoms with Gasteiger partial charge in [-0.2, -0.15) is 0 Å². The Labute approximate surface area is 205 Å². The number of nitrogens with one attached hydrogen (secondary N) is 1. The molecule has 5 unspecified atom stereocenters. The number of hydrogen-bond donors (Lipinski definition) is 2. The molecule has 2 saturated heterocycles. The summed E-state index contributed by atoms with van der Waals surface area (Å²) in [4.78, 5) is 39.4. The summed E-state index contributed by atoms with van der Waals surface area (Å²) in [7, 11) is 0. The number of fused-ring (bicyclic) bond motifs is 6. The van der Waals surface area contributed by atoms with E-state index in [4.69, 9.17) is 4.74 Å². The number of carboxylic acids is 1. The van der Waals surface area contributed by atoms with Crippen LogP contribution in [0, 0.1) is 17.8 Å². The molecule has 2 heterocycles. The number of carbonyl (C=O) groups excluding carboxylic acids is 2. The number of piperidine rings is 2. The summed E-state index contributed by atoms with van der Waals surface area (Å²) < 4.78 is 5.63. The minimum Gasteiger partial charge on any atom is -0.481 e. The molecule has 2 aliphatic heterocycles. The molecule has 6 rings (SSSR count). The lowest BCUT2D eigenvalue weighted by molar-refractivity contribution is -0.157. The highest BCUT2D eigenvalue weighted by atomic mass is 16.5. The Bertz CT molecular complexity index is 1100. The van der Waals surface area contributed by atoms with Gasteiger partial charge in [-0.1, -0.05) is 55.5 Å². The average molecular weight is 477 g/mol. The lowest BCUT2D eigenvalue weighted by Gasteiger charge is -2.49. The van der Waals surface area contributed by atoms with Gasteiger partial charge in [-0.3, -0.25) is 9.59 Å². The summed E-state index contributed by atoms with van der Waals surface area (Å²) >= 11 is 0. The highest BCUT2D eigenvalue weighted by Gasteiger charge is 2.47. The molecule has 0 aromatic heterocycles. The molecular formula is C28H32N2O5. The molecule has 2 aromatic carbocycles. The predicted octanol–water partition coefficient (Wildman–Crippen LogP) is 4.26. The second-order valence-electron chi connectivity index (χ2n) is 10.2. The number of ether oxygens (including phenoxy) is 1. The minimum atomic E-state index is -0.824. The fourth-order valence-corrected chi connectivity index (χ4v) is 6.14. The molecule has 0 radical (unpaired) electrons. The Hall–Kier alpha value is -3.35. The molecule has 2 bridgehead atoms. The lowest BCUT2D eigenvalue weighted by Crippen LogP contribution is -2.59. The van der Waals surface area contributed by atoms with Gasteiger partial charge in [0.2, 0.25) is 5.91 Å². The van der Waals surface area contributed by atoms with Gasteiger partial charge in [-0.25, -0.2) is 4.79 Å². The van der Waals surface area contributed by atoms with Crippen molar-refractivity contribution in [1.82, 2.24) is 10.2 Å². The van der Waals surface area contributed by atoms with Crippen molar-refractivity contribution in [1.29, 1.82) is 0 Å². The van der Waals surface area contributed by atoms with Gasteiger partial charge < -0.3 is 20.1 Å². The SMILES string of the molecule is CC(NC(=O)OCC1c2ccccc2-c2ccccc21)C(C)C(=O)N1CC2CCC1C(C(=O)O)C2. The van der Waals surface area contributed by atoms with Gasteiger partial charge in [0.1, 0.15) is 6.61 Å². The van der Waals surface area contributed by atoms with Crippen molar-refractivity contribution < 1.29 is 24.2 Å². The fraction of sp³-hybridized carbons (Fsp3) is 0.464. The zero-order valence-electron chi connectivity index (χ0n) is 20.1. The molecule has 184 valence electrons. The monoisotopic (exact) mass is 476 g/mol. The van der Waals surface area contributed by atoms with E-state index < -0.39 is 29.9 Å². The van der Waals surface area contributed by atoms with Crippen LogP contribution in [0.3, 0.4) is 0 Å². The van der Waals surface area contributed by atoms with Crippen molar-refractivity contribution >= 4 is 18.0 Å². The van der Waals surface area contributed by atoms with Crippen molar-refractivity contribution in [3.8, 4) is 11.1 Å². The number of aliphatic carboxylic acids is 1. The maximum Gasteiger partial charge on any atom is 0.407 e. The van der Waals surface area contributed by atoms with Crippen LogP contribution in [-0.4, -0.2) is 53.2 Å². The van der Waals surface area contributed by atoms with Crippen molar-refractivity contribution in [3.63, 3.8) is 0 Å². The van der Waals surface area contributed by atoms with Crippen LogP contribution >= 0.6 is 0 Å². The van der Waals surface area contributed by atoms with Crippen LogP contribution in [0.15, 0.2) is 48.5 Å². The van der Waals surface area contributed by atoms with E-state index in [0.29, 0.717) is 13.0 Å². The van der Waals surface area contributed by atoms with Crippen molar-refractivity contribution in [2.75, 3.05) is 13.2 Å². The third-order valence-electron chi connectivity index (χ3n) is 8.21. The van der Waals surface area contributed by atoms with Crippen LogP contribution in [0.1, 0.15) is 50.2 Å². The largest absolute Gasteiger partial charge is 0.481 e. The number of benzene rings is 2. The van der Waals surface area contributed by atoms with Gasteiger partial charge in [0, 0.05) is 24.5 Å². The van der Waals surface area contributed by atoms with Gasteiger partial charge in [0.15, 0.2) is 0 Å². The fourth-order valence-electron chi connectivity index (χ4n) is 6.14. The molecule has 7 heteroatoms. The topological polar surface area (TPSA) is 95.9 Å². The number of hydrogen-bond acceptors (Lipinski definition) is 4. The Morgan fingerprint density at radius 1 is 1.03 bits per heavy atom. The Morgan fingerprint density at radius 3 is 2.26 bits per heavy atom. The minimum absolute atomic E-state index is 0.0284. The molecule has 2 N–H and O–H groups in total. The second kappa shape index (κ2) is 9.36. The highest BCUT2D eigenvalue weighted by molar-refractivity contribution is 5.82. The molecule has 0 spiro atoms. The van der Waals surface area contributed by atoms with Gasteiger partial charge in [0.25, 0.3) is 0 Å². The number of carbonyl (C=O) groups is 3. The van der Waals surface area contributed by atoms with E-state index in [-0.39, 0.29) is 30.4 Å². The van der Waals surface area contributed by atoms with E-state index in [2.05, 4.69) is 29.6 Å². The Morgan fingerprint density at radius 2 is 1.66 bits per heavy atom. The van der Waals surface area contributed by atoms with E-state index in [1.165, 1.54) is 11.1 Å². The number of rotatable bonds is 6. The maximum absolute atomic E-state index is 13.3. The van der Waals surface area contributed by atoms with Gasteiger partial charge in [-0.15, -0.1) is 0 Å². The number of nitrogens with zero attached hydrogens (tertiary/aromatic N) is 1. The summed E-state index contributed by atoms with van der Waals surface area (Å²) in [6.45, 7) is 4.40. The van der Waals surface area contributed by atoms with Gasteiger partial charge >= 0.3 is 12.1 Å². The summed E-state index contributed by atoms with van der Waals surface area (Å²) in [5, 5.41) is 12.4. The molecule has 3 fully saturated rings. The van der Waals surface area contributed by atoms with E-state index in [1.807, 2.05) is 24.3 Å². The van der Waals surface area contributed by atoms with Crippen LogP contribution in [0.5, 0.6) is 0 Å². The molecule has 2 aliphatic carbocycles. The summed E-state index contributed by atoms with van der Waals surface area (Å²) in [5.41, 5.74) is 4.62. The maximum atomic E-state index is 13.3. The summed E-state index contributed by atoms with van der Waals surface area (Å²) in [6.07, 6.45) is 1.79. The molecular weight excluding hydrogens is 444 g/mol. The first-order chi connectivity index (χ1) is 16.8. The molecule has 5 atom stereocenters. The predicted molar refractivity (Wildman–Crippen MR) is 131 cm³/mol. The molecule has 4 aliphatic rings. The van der Waals surface area contributed by atoms with E-state index in [0.717, 1.165) is 24.0 Å². The highest BCUT2D eigenvalue weighted by Crippen LogP contribution is 2.44. The number of amides is 2. The normalized spacial score (nSPS) is 24.3. The zero-order chi connectivity index (χ0) is 24.7. The molecule has 2 amide bonds. The van der Waals surface area contributed by atoms with E-state index in [9.17, 15) is 19.5 Å². The first kappa shape index (κ1) is 23.4. The van der Waals surface area contributed by atoms with Gasteiger partial charge in [0.05, 0.1) is 11.8 Å². The smallest absolute Gasteiger partial charge is 0.407 e. The lowest BCUT2D eigenvalue weighted by atomic mass is 9.72. The van der Waals surface area contributed by atoms with Gasteiger partial charge in [-0.05, 0) is 54.4 Å². The molecule has 7 nitrogen and oxygen atoms in total. The third-order valence-corrected chi connectivity index (χ3v) is 8.21. The Kier molecular flexibility index (Phi) is 6.26. The molecule has 1 saturated carbocycles. The quantitative estimate of drug-likeness (QED) is 0.650. The van der Waals surface area contributed by atoms with E-state index >= 15 is 0 Å². The van der Waals surface area contributed by atoms with Crippen LogP contribution in [-0.2, 0) is 14.3 Å². The molecule has 2 aromatic rings. The first-order valence-electron chi connectivity index (χ1n) is 12.5. The zero-order valence-corrected chi connectivity index (χ0v) is 20.1. The second-order valence-corrected chi connectivity index (χ2v) is 10.2. The first-order valence-corrected chi connectivity index (χ1v) is 12.5. The van der Waals surface area contributed by atoms with Crippen LogP contribution in [0.2, 0.25) is 0 Å². The third kappa shape index (κ3) is 4.28. The van der Waals surface area contributed by atoms with Crippen molar-refractivity contribution in [2.24, 2.45) is 17.8 Å². The van der Waals surface area contributed by atoms with Crippen LogP contribution in [0.25, 0.3) is 11.1 Å². The Balaban J connectivity index is 1.19. The number of carboxylic acid groups (broad SMARTS) is 1. The average Bonchev–Trinajstić information content (AvgIpc) is 3.20. The van der Waals surface area contributed by atoms with Crippen LogP contribution in [0.4, 0.5) is 4.79 Å². The van der Waals surface area contributed by atoms with Crippen molar-refractivity contribution in [2.45, 2.75) is 51.1 Å². The summed E-state index contributed by atoms with van der Waals surface area (Å²) in [6, 6.07) is 15.6. The standard InChI is InChI=1S/C28H32N2O5/c1-16(26(31)30-14-18-11-12-25(30)23(13-18)27(32)33)17(2)29-28(34)35-15-24-21-9-5-3-7-19(21)20-8-4-6-10-22(20)24/h3-10,16-18,23-25H,11-15H2,1-2H3,(H,29,34)(H,32,33). The summed E-state index contributed by atoms with van der Waals surface area (Å²) in [5.74, 6) is -1.69. The number of alkyl carbamates (subject to hydrolysis) is 1. The van der Waals surface area contributed by atoms with Crippen molar-refractivity contribution in [3.05, 3.63) is 59.7 Å².